The first-order chi connectivity index (χ1) is 11.5. The second kappa shape index (κ2) is 6.55. The molecule has 6 heteroatoms. The molecular weight excluding hydrogens is 307 g/mol. The van der Waals surface area contributed by atoms with E-state index in [4.69, 9.17) is 0 Å². The largest absolute Gasteiger partial charge is 0.347 e. The van der Waals surface area contributed by atoms with Gasteiger partial charge in [-0.25, -0.2) is 14.4 Å². The van der Waals surface area contributed by atoms with Crippen molar-refractivity contribution in [3.05, 3.63) is 53.6 Å². The van der Waals surface area contributed by atoms with E-state index in [1.54, 1.807) is 11.0 Å². The lowest BCUT2D eigenvalue weighted by atomic mass is 9.87. The Morgan fingerprint density at radius 2 is 1.88 bits per heavy atom. The summed E-state index contributed by atoms with van der Waals surface area (Å²) in [6, 6.07) is 6.49. The Bertz CT molecular complexity index is 724. The summed E-state index contributed by atoms with van der Waals surface area (Å²) in [5.74, 6) is 0.0328. The summed E-state index contributed by atoms with van der Waals surface area (Å²) >= 11 is 0. The van der Waals surface area contributed by atoms with Gasteiger partial charge in [-0.15, -0.1) is 0 Å². The molecule has 126 valence electrons. The minimum Gasteiger partial charge on any atom is -0.347 e. The minimum absolute atomic E-state index is 0.230. The average molecular weight is 328 g/mol. The summed E-state index contributed by atoms with van der Waals surface area (Å²) in [5, 5.41) is 3.10. The van der Waals surface area contributed by atoms with Crippen LogP contribution in [0, 0.1) is 5.82 Å². The van der Waals surface area contributed by atoms with Gasteiger partial charge in [-0.1, -0.05) is 25.0 Å². The van der Waals surface area contributed by atoms with E-state index >= 15 is 0 Å². The molecule has 24 heavy (non-hydrogen) atoms. The van der Waals surface area contributed by atoms with Crippen molar-refractivity contribution in [1.29, 1.82) is 0 Å². The van der Waals surface area contributed by atoms with Gasteiger partial charge in [0.25, 0.3) is 5.91 Å². The van der Waals surface area contributed by atoms with Crippen molar-refractivity contribution in [3.63, 3.8) is 0 Å². The molecule has 0 spiro atoms. The zero-order valence-corrected chi connectivity index (χ0v) is 13.9. The molecule has 5 nitrogen and oxygen atoms in total. The Hall–Kier alpha value is -2.50. The maximum Gasteiger partial charge on any atom is 0.255 e. The zero-order chi connectivity index (χ0) is 17.2. The number of hydrogen-bond acceptors (Lipinski definition) is 4. The number of carbonyl (C=O) groups excluding carboxylic acids is 1. The SMILES string of the molecule is CN(C)c1ncc(C(=O)NC2(c3cccc(F)c3)CCCC2)cn1. The van der Waals surface area contributed by atoms with Crippen molar-refractivity contribution in [2.75, 3.05) is 19.0 Å². The number of anilines is 1. The smallest absolute Gasteiger partial charge is 0.255 e. The summed E-state index contributed by atoms with van der Waals surface area (Å²) < 4.78 is 13.6. The van der Waals surface area contributed by atoms with Gasteiger partial charge in [0.05, 0.1) is 11.1 Å². The first-order valence-electron chi connectivity index (χ1n) is 8.08. The van der Waals surface area contributed by atoms with Crippen LogP contribution in [0.3, 0.4) is 0 Å². The second-order valence-corrected chi connectivity index (χ2v) is 6.42. The van der Waals surface area contributed by atoms with E-state index in [9.17, 15) is 9.18 Å². The molecule has 0 aliphatic heterocycles. The molecule has 1 heterocycles. The average Bonchev–Trinajstić information content (AvgIpc) is 3.04. The van der Waals surface area contributed by atoms with Crippen molar-refractivity contribution >= 4 is 11.9 Å². The van der Waals surface area contributed by atoms with E-state index in [2.05, 4.69) is 15.3 Å². The fraction of sp³-hybridized carbons (Fsp3) is 0.389. The molecule has 1 aliphatic carbocycles. The van der Waals surface area contributed by atoms with Crippen molar-refractivity contribution < 1.29 is 9.18 Å². The molecule has 1 N–H and O–H groups in total. The molecule has 0 radical (unpaired) electrons. The van der Waals surface area contributed by atoms with Crippen LogP contribution >= 0.6 is 0 Å². The molecule has 1 aliphatic rings. The third-order valence-corrected chi connectivity index (χ3v) is 4.49. The van der Waals surface area contributed by atoms with Gasteiger partial charge < -0.3 is 10.2 Å². The number of benzene rings is 1. The van der Waals surface area contributed by atoms with Crippen LogP contribution < -0.4 is 10.2 Å². The van der Waals surface area contributed by atoms with Crippen LogP contribution in [-0.2, 0) is 5.54 Å². The predicted molar refractivity (Wildman–Crippen MR) is 90.4 cm³/mol. The summed E-state index contributed by atoms with van der Waals surface area (Å²) in [4.78, 5) is 22.8. The fourth-order valence-electron chi connectivity index (χ4n) is 3.21. The molecule has 0 bridgehead atoms. The number of halogens is 1. The van der Waals surface area contributed by atoms with E-state index in [-0.39, 0.29) is 11.7 Å². The lowest BCUT2D eigenvalue weighted by Gasteiger charge is -2.31. The van der Waals surface area contributed by atoms with Crippen LogP contribution in [0.2, 0.25) is 0 Å². The van der Waals surface area contributed by atoms with Crippen molar-refractivity contribution in [1.82, 2.24) is 15.3 Å². The Morgan fingerprint density at radius 3 is 2.46 bits per heavy atom. The summed E-state index contributed by atoms with van der Waals surface area (Å²) in [6.07, 6.45) is 6.66. The van der Waals surface area contributed by atoms with Gasteiger partial charge in [0.15, 0.2) is 0 Å². The highest BCUT2D eigenvalue weighted by Crippen LogP contribution is 2.39. The number of nitrogens with zero attached hydrogens (tertiary/aromatic N) is 3. The Kier molecular flexibility index (Phi) is 4.46. The van der Waals surface area contributed by atoms with Gasteiger partial charge >= 0.3 is 0 Å². The fourth-order valence-corrected chi connectivity index (χ4v) is 3.21. The zero-order valence-electron chi connectivity index (χ0n) is 13.9. The van der Waals surface area contributed by atoms with Gasteiger partial charge in [-0.05, 0) is 30.5 Å². The number of aromatic nitrogens is 2. The predicted octanol–water partition coefficient (Wildman–Crippen LogP) is 2.88. The number of amides is 1. The molecule has 1 fully saturated rings. The molecule has 1 saturated carbocycles. The van der Waals surface area contributed by atoms with Crippen LogP contribution in [0.5, 0.6) is 0 Å². The highest BCUT2D eigenvalue weighted by Gasteiger charge is 2.37. The van der Waals surface area contributed by atoms with Gasteiger partial charge in [0.2, 0.25) is 5.95 Å². The molecule has 1 amide bonds. The highest BCUT2D eigenvalue weighted by molar-refractivity contribution is 5.94. The minimum atomic E-state index is -0.514. The Morgan fingerprint density at radius 1 is 1.21 bits per heavy atom. The molecule has 0 atom stereocenters. The first-order valence-corrected chi connectivity index (χ1v) is 8.08. The highest BCUT2D eigenvalue weighted by atomic mass is 19.1. The summed E-state index contributed by atoms with van der Waals surface area (Å²) in [7, 11) is 3.68. The lowest BCUT2D eigenvalue weighted by molar-refractivity contribution is 0.0897. The van der Waals surface area contributed by atoms with Gasteiger partial charge in [-0.2, -0.15) is 0 Å². The number of carbonyl (C=O) groups is 1. The molecule has 0 saturated heterocycles. The normalized spacial score (nSPS) is 16.0. The van der Waals surface area contributed by atoms with Gasteiger partial charge in [-0.3, -0.25) is 4.79 Å². The quantitative estimate of drug-likeness (QED) is 0.937. The summed E-state index contributed by atoms with van der Waals surface area (Å²) in [6.45, 7) is 0. The van der Waals surface area contributed by atoms with Crippen LogP contribution in [-0.4, -0.2) is 30.0 Å². The molecule has 1 aromatic carbocycles. The lowest BCUT2D eigenvalue weighted by Crippen LogP contribution is -2.44. The van der Waals surface area contributed by atoms with Gasteiger partial charge in [0.1, 0.15) is 5.82 Å². The molecule has 2 aromatic rings. The van der Waals surface area contributed by atoms with Crippen molar-refractivity contribution in [3.8, 4) is 0 Å². The third kappa shape index (κ3) is 3.22. The maximum atomic E-state index is 13.6. The van der Waals surface area contributed by atoms with Crippen LogP contribution in [0.15, 0.2) is 36.7 Å². The summed E-state index contributed by atoms with van der Waals surface area (Å²) in [5.41, 5.74) is 0.710. The number of nitrogens with one attached hydrogen (secondary N) is 1. The van der Waals surface area contributed by atoms with Crippen molar-refractivity contribution in [2.24, 2.45) is 0 Å². The van der Waals surface area contributed by atoms with E-state index in [0.717, 1.165) is 31.2 Å². The number of rotatable bonds is 4. The van der Waals surface area contributed by atoms with E-state index in [0.29, 0.717) is 11.5 Å². The molecule has 3 rings (SSSR count). The van der Waals surface area contributed by atoms with Crippen LogP contribution in [0.1, 0.15) is 41.6 Å². The van der Waals surface area contributed by atoms with E-state index in [1.165, 1.54) is 24.5 Å². The van der Waals surface area contributed by atoms with Crippen molar-refractivity contribution in [2.45, 2.75) is 31.2 Å². The maximum absolute atomic E-state index is 13.6. The molecule has 1 aromatic heterocycles. The number of hydrogen-bond donors (Lipinski definition) is 1. The Balaban J connectivity index is 1.84. The van der Waals surface area contributed by atoms with Crippen LogP contribution in [0.25, 0.3) is 0 Å². The topological polar surface area (TPSA) is 58.1 Å². The first kappa shape index (κ1) is 16.4. The molecular formula is C18H21FN4O. The standard InChI is InChI=1S/C18H21FN4O/c1-23(2)17-20-11-13(12-21-17)16(24)22-18(8-3-4-9-18)14-6-5-7-15(19)10-14/h5-7,10-12H,3-4,8-9H2,1-2H3,(H,22,24). The second-order valence-electron chi connectivity index (χ2n) is 6.42. The van der Waals surface area contributed by atoms with Crippen LogP contribution in [0.4, 0.5) is 10.3 Å². The van der Waals surface area contributed by atoms with Gasteiger partial charge in [0, 0.05) is 26.5 Å². The Labute approximate surface area is 140 Å². The monoisotopic (exact) mass is 328 g/mol. The third-order valence-electron chi connectivity index (χ3n) is 4.49. The van der Waals surface area contributed by atoms with E-state index in [1.807, 2.05) is 20.2 Å². The van der Waals surface area contributed by atoms with E-state index < -0.39 is 5.54 Å². The molecule has 0 unspecified atom stereocenters.